The largest absolute Gasteiger partial charge is 0.508 e. The van der Waals surface area contributed by atoms with Gasteiger partial charge < -0.3 is 14.4 Å². The number of aryl methyl sites for hydroxylation is 3. The highest BCUT2D eigenvalue weighted by Crippen LogP contribution is 2.27. The minimum atomic E-state index is -0.379. The molecule has 1 unspecified atom stereocenters. The first-order chi connectivity index (χ1) is 11.8. The first-order valence-corrected chi connectivity index (χ1v) is 8.48. The van der Waals surface area contributed by atoms with E-state index in [2.05, 4.69) is 39.1 Å². The Bertz CT molecular complexity index is 988. The maximum absolute atomic E-state index is 11.9. The minimum absolute atomic E-state index is 0.142. The molecule has 0 amide bonds. The number of nitrogens with one attached hydrogen (secondary N) is 1. The van der Waals surface area contributed by atoms with Crippen molar-refractivity contribution in [3.63, 3.8) is 0 Å². The van der Waals surface area contributed by atoms with Gasteiger partial charge >= 0.3 is 5.63 Å². The molecule has 0 bridgehead atoms. The van der Waals surface area contributed by atoms with Crippen LogP contribution in [0, 0.1) is 20.8 Å². The van der Waals surface area contributed by atoms with Crippen LogP contribution in [-0.4, -0.2) is 12.2 Å². The summed E-state index contributed by atoms with van der Waals surface area (Å²) in [7, 11) is 2.12. The van der Waals surface area contributed by atoms with E-state index in [-0.39, 0.29) is 11.4 Å². The van der Waals surface area contributed by atoms with E-state index in [1.807, 2.05) is 6.07 Å². The van der Waals surface area contributed by atoms with Gasteiger partial charge in [0.15, 0.2) is 0 Å². The van der Waals surface area contributed by atoms with Crippen LogP contribution in [0.2, 0.25) is 0 Å². The Morgan fingerprint density at radius 2 is 1.72 bits per heavy atom. The molecule has 0 aliphatic heterocycles. The third-order valence-corrected chi connectivity index (χ3v) is 4.70. The maximum Gasteiger partial charge on any atom is 0.336 e. The van der Waals surface area contributed by atoms with Crippen molar-refractivity contribution in [2.75, 3.05) is 7.05 Å². The van der Waals surface area contributed by atoms with Gasteiger partial charge in [0.1, 0.15) is 24.4 Å². The van der Waals surface area contributed by atoms with Gasteiger partial charge in [-0.15, -0.1) is 0 Å². The Morgan fingerprint density at radius 3 is 2.44 bits per heavy atom. The normalized spacial score (nSPS) is 12.5. The fourth-order valence-electron chi connectivity index (χ4n) is 3.32. The standard InChI is InChI=1S/C21H23NO3/c1-13-5-6-16(14(2)9-13)11-22(4)12-17-10-20(24)25-21-15(3)19(23)8-7-18(17)21/h5-10,23H,11-12H2,1-4H3/p+1. The van der Waals surface area contributed by atoms with E-state index in [0.717, 1.165) is 17.5 Å². The summed E-state index contributed by atoms with van der Waals surface area (Å²) in [4.78, 5) is 13.2. The number of rotatable bonds is 4. The molecular formula is C21H24NO3+. The Labute approximate surface area is 147 Å². The Hall–Kier alpha value is -2.59. The van der Waals surface area contributed by atoms with Crippen molar-refractivity contribution in [1.29, 1.82) is 0 Å². The molecule has 130 valence electrons. The van der Waals surface area contributed by atoms with Gasteiger partial charge in [0.25, 0.3) is 0 Å². The van der Waals surface area contributed by atoms with Crippen LogP contribution in [0.25, 0.3) is 11.0 Å². The predicted octanol–water partition coefficient (Wildman–Crippen LogP) is 2.64. The van der Waals surface area contributed by atoms with Gasteiger partial charge in [0.05, 0.1) is 7.05 Å². The smallest absolute Gasteiger partial charge is 0.336 e. The van der Waals surface area contributed by atoms with Crippen LogP contribution < -0.4 is 10.5 Å². The van der Waals surface area contributed by atoms with E-state index < -0.39 is 0 Å². The van der Waals surface area contributed by atoms with E-state index in [1.54, 1.807) is 19.1 Å². The van der Waals surface area contributed by atoms with Crippen LogP contribution >= 0.6 is 0 Å². The molecule has 0 aliphatic rings. The molecular weight excluding hydrogens is 314 g/mol. The number of aromatic hydroxyl groups is 1. The summed E-state index contributed by atoms with van der Waals surface area (Å²) < 4.78 is 5.32. The molecule has 4 nitrogen and oxygen atoms in total. The van der Waals surface area contributed by atoms with Gasteiger partial charge in [-0.05, 0) is 38.5 Å². The second kappa shape index (κ2) is 6.73. The van der Waals surface area contributed by atoms with Crippen LogP contribution in [0.4, 0.5) is 0 Å². The van der Waals surface area contributed by atoms with E-state index in [0.29, 0.717) is 17.7 Å². The third kappa shape index (κ3) is 3.59. The van der Waals surface area contributed by atoms with Gasteiger partial charge in [-0.3, -0.25) is 0 Å². The molecule has 3 aromatic rings. The third-order valence-electron chi connectivity index (χ3n) is 4.70. The molecule has 0 saturated heterocycles. The summed E-state index contributed by atoms with van der Waals surface area (Å²) in [6, 6.07) is 11.5. The molecule has 2 aromatic carbocycles. The number of hydrogen-bond acceptors (Lipinski definition) is 3. The molecule has 1 aromatic heterocycles. The maximum atomic E-state index is 11.9. The topological polar surface area (TPSA) is 54.9 Å². The quantitative estimate of drug-likeness (QED) is 0.719. The Morgan fingerprint density at radius 1 is 1.00 bits per heavy atom. The number of hydrogen-bond donors (Lipinski definition) is 2. The summed E-state index contributed by atoms with van der Waals surface area (Å²) >= 11 is 0. The summed E-state index contributed by atoms with van der Waals surface area (Å²) in [5.74, 6) is 0.142. The zero-order chi connectivity index (χ0) is 18.1. The number of benzene rings is 2. The van der Waals surface area contributed by atoms with Crippen molar-refractivity contribution in [3.8, 4) is 5.75 Å². The van der Waals surface area contributed by atoms with Crippen molar-refractivity contribution in [2.24, 2.45) is 0 Å². The number of phenolic OH excluding ortho intramolecular Hbond substituents is 1. The fourth-order valence-corrected chi connectivity index (χ4v) is 3.32. The molecule has 0 aliphatic carbocycles. The van der Waals surface area contributed by atoms with E-state index in [9.17, 15) is 9.90 Å². The van der Waals surface area contributed by atoms with Crippen LogP contribution in [-0.2, 0) is 13.1 Å². The highest BCUT2D eigenvalue weighted by Gasteiger charge is 2.14. The second-order valence-corrected chi connectivity index (χ2v) is 6.92. The molecule has 3 rings (SSSR count). The number of quaternary nitrogens is 1. The molecule has 0 fully saturated rings. The molecule has 4 heteroatoms. The number of fused-ring (bicyclic) bond motifs is 1. The van der Waals surface area contributed by atoms with Crippen molar-refractivity contribution >= 4 is 11.0 Å². The van der Waals surface area contributed by atoms with Crippen molar-refractivity contribution in [3.05, 3.63) is 74.6 Å². The van der Waals surface area contributed by atoms with E-state index >= 15 is 0 Å². The Kier molecular flexibility index (Phi) is 4.64. The van der Waals surface area contributed by atoms with Gasteiger partial charge in [0, 0.05) is 28.1 Å². The average Bonchev–Trinajstić information content (AvgIpc) is 2.54. The summed E-state index contributed by atoms with van der Waals surface area (Å²) in [6.45, 7) is 7.58. The molecule has 2 N–H and O–H groups in total. The number of phenols is 1. The monoisotopic (exact) mass is 338 g/mol. The van der Waals surface area contributed by atoms with Crippen LogP contribution in [0.1, 0.15) is 27.8 Å². The lowest BCUT2D eigenvalue weighted by molar-refractivity contribution is -0.907. The zero-order valence-electron chi connectivity index (χ0n) is 15.1. The predicted molar refractivity (Wildman–Crippen MR) is 99.1 cm³/mol. The van der Waals surface area contributed by atoms with Crippen molar-refractivity contribution in [1.82, 2.24) is 0 Å². The second-order valence-electron chi connectivity index (χ2n) is 6.92. The van der Waals surface area contributed by atoms with E-state index in [1.165, 1.54) is 21.6 Å². The molecule has 0 saturated carbocycles. The average molecular weight is 338 g/mol. The van der Waals surface area contributed by atoms with Gasteiger partial charge in [-0.2, -0.15) is 0 Å². The first-order valence-electron chi connectivity index (χ1n) is 8.48. The molecule has 1 heterocycles. The van der Waals surface area contributed by atoms with Crippen molar-refractivity contribution < 1.29 is 14.4 Å². The Balaban J connectivity index is 1.92. The zero-order valence-corrected chi connectivity index (χ0v) is 15.1. The lowest BCUT2D eigenvalue weighted by Crippen LogP contribution is -3.06. The SMILES string of the molecule is Cc1ccc(C[NH+](C)Cc2cc(=O)oc3c(C)c(O)ccc23)c(C)c1. The van der Waals surface area contributed by atoms with Gasteiger partial charge in [-0.25, -0.2) is 4.79 Å². The van der Waals surface area contributed by atoms with Gasteiger partial charge in [0.2, 0.25) is 0 Å². The summed E-state index contributed by atoms with van der Waals surface area (Å²) in [5.41, 5.74) is 5.50. The lowest BCUT2D eigenvalue weighted by atomic mass is 10.0. The lowest BCUT2D eigenvalue weighted by Gasteiger charge is -2.17. The first kappa shape index (κ1) is 17.2. The fraction of sp³-hybridized carbons (Fsp3) is 0.286. The van der Waals surface area contributed by atoms with Gasteiger partial charge in [-0.1, -0.05) is 23.8 Å². The van der Waals surface area contributed by atoms with Crippen LogP contribution in [0.3, 0.4) is 0 Å². The minimum Gasteiger partial charge on any atom is -0.508 e. The van der Waals surface area contributed by atoms with Crippen LogP contribution in [0.15, 0.2) is 45.6 Å². The molecule has 0 spiro atoms. The van der Waals surface area contributed by atoms with Crippen molar-refractivity contribution in [2.45, 2.75) is 33.9 Å². The summed E-state index contributed by atoms with van der Waals surface area (Å²) in [6.07, 6.45) is 0. The highest BCUT2D eigenvalue weighted by atomic mass is 16.4. The molecule has 0 radical (unpaired) electrons. The van der Waals surface area contributed by atoms with Crippen LogP contribution in [0.5, 0.6) is 5.75 Å². The summed E-state index contributed by atoms with van der Waals surface area (Å²) in [5, 5.41) is 10.7. The molecule has 1 atom stereocenters. The van der Waals surface area contributed by atoms with E-state index in [4.69, 9.17) is 4.42 Å². The highest BCUT2D eigenvalue weighted by molar-refractivity contribution is 5.84. The molecule has 25 heavy (non-hydrogen) atoms.